The molecule has 0 N–H and O–H groups in total. The first-order valence-corrected chi connectivity index (χ1v) is 6.00. The first-order valence-electron chi connectivity index (χ1n) is 6.00. The third-order valence-electron chi connectivity index (χ3n) is 3.54. The second-order valence-electron chi connectivity index (χ2n) is 4.81. The van der Waals surface area contributed by atoms with E-state index in [-0.39, 0.29) is 5.41 Å². The standard InChI is InChI=1S/C15H18O2/c1-15(9-5-6-12(10-15)11-16)13-7-3-4-8-14(13)17-2/h3-4,7-8,10-11H,5-6,9H2,1-2H3. The number of aldehydes is 1. The molecule has 1 atom stereocenters. The van der Waals surface area contributed by atoms with E-state index in [0.29, 0.717) is 0 Å². The number of benzene rings is 1. The summed E-state index contributed by atoms with van der Waals surface area (Å²) in [6.07, 6.45) is 6.09. The second kappa shape index (κ2) is 4.74. The summed E-state index contributed by atoms with van der Waals surface area (Å²) in [5, 5.41) is 0. The molecule has 1 unspecified atom stereocenters. The molecule has 0 saturated heterocycles. The number of hydrogen-bond donors (Lipinski definition) is 0. The number of carbonyl (C=O) groups is 1. The van der Waals surface area contributed by atoms with Crippen LogP contribution in [0, 0.1) is 0 Å². The minimum atomic E-state index is -0.0822. The van der Waals surface area contributed by atoms with Crippen LogP contribution in [0.25, 0.3) is 0 Å². The van der Waals surface area contributed by atoms with Crippen LogP contribution in [-0.2, 0) is 10.2 Å². The Bertz CT molecular complexity index is 448. The summed E-state index contributed by atoms with van der Waals surface area (Å²) in [6.45, 7) is 2.17. The lowest BCUT2D eigenvalue weighted by atomic mass is 9.73. The average Bonchev–Trinajstić information content (AvgIpc) is 2.38. The van der Waals surface area contributed by atoms with Crippen LogP contribution in [0.1, 0.15) is 31.7 Å². The van der Waals surface area contributed by atoms with Gasteiger partial charge in [0.05, 0.1) is 7.11 Å². The SMILES string of the molecule is COc1ccccc1C1(C)C=C(C=O)CCC1. The quantitative estimate of drug-likeness (QED) is 0.745. The first kappa shape index (κ1) is 11.9. The topological polar surface area (TPSA) is 26.3 Å². The molecule has 2 nitrogen and oxygen atoms in total. The van der Waals surface area contributed by atoms with Crippen LogP contribution in [0.3, 0.4) is 0 Å². The number of allylic oxidation sites excluding steroid dienone is 2. The second-order valence-corrected chi connectivity index (χ2v) is 4.81. The number of ether oxygens (including phenoxy) is 1. The van der Waals surface area contributed by atoms with E-state index < -0.39 is 0 Å². The largest absolute Gasteiger partial charge is 0.496 e. The maximum absolute atomic E-state index is 10.9. The molecule has 0 aromatic heterocycles. The third kappa shape index (κ3) is 2.26. The zero-order chi connectivity index (χ0) is 12.3. The zero-order valence-corrected chi connectivity index (χ0v) is 10.4. The van der Waals surface area contributed by atoms with Gasteiger partial charge >= 0.3 is 0 Å². The first-order chi connectivity index (χ1) is 8.19. The molecule has 0 amide bonds. The smallest absolute Gasteiger partial charge is 0.145 e. The fraction of sp³-hybridized carbons (Fsp3) is 0.400. The molecule has 0 radical (unpaired) electrons. The molecule has 2 rings (SSSR count). The van der Waals surface area contributed by atoms with Crippen molar-refractivity contribution in [1.82, 2.24) is 0 Å². The fourth-order valence-corrected chi connectivity index (χ4v) is 2.64. The molecule has 1 aliphatic carbocycles. The number of hydrogen-bond acceptors (Lipinski definition) is 2. The molecule has 0 spiro atoms. The van der Waals surface area contributed by atoms with Crippen molar-refractivity contribution in [3.05, 3.63) is 41.5 Å². The summed E-state index contributed by atoms with van der Waals surface area (Å²) in [7, 11) is 1.69. The predicted molar refractivity (Wildman–Crippen MR) is 68.3 cm³/mol. The minimum absolute atomic E-state index is 0.0822. The Morgan fingerprint density at radius 3 is 2.82 bits per heavy atom. The highest BCUT2D eigenvalue weighted by Gasteiger charge is 2.30. The van der Waals surface area contributed by atoms with Gasteiger partial charge in [-0.3, -0.25) is 4.79 Å². The van der Waals surface area contributed by atoms with Crippen LogP contribution < -0.4 is 4.74 Å². The summed E-state index contributed by atoms with van der Waals surface area (Å²) in [4.78, 5) is 10.9. The predicted octanol–water partition coefficient (Wildman–Crippen LogP) is 3.26. The van der Waals surface area contributed by atoms with Crippen LogP contribution >= 0.6 is 0 Å². The van der Waals surface area contributed by atoms with Crippen molar-refractivity contribution in [1.29, 1.82) is 0 Å². The van der Waals surface area contributed by atoms with Crippen LogP contribution in [0.2, 0.25) is 0 Å². The van der Waals surface area contributed by atoms with Crippen molar-refractivity contribution < 1.29 is 9.53 Å². The van der Waals surface area contributed by atoms with Crippen molar-refractivity contribution in [2.45, 2.75) is 31.6 Å². The highest BCUT2D eigenvalue weighted by molar-refractivity contribution is 5.74. The summed E-state index contributed by atoms with van der Waals surface area (Å²) >= 11 is 0. The molecule has 90 valence electrons. The molecule has 2 heteroatoms. The lowest BCUT2D eigenvalue weighted by molar-refractivity contribution is -0.105. The normalized spacial score (nSPS) is 24.0. The highest BCUT2D eigenvalue weighted by atomic mass is 16.5. The lowest BCUT2D eigenvalue weighted by Crippen LogP contribution is -2.23. The van der Waals surface area contributed by atoms with E-state index in [2.05, 4.69) is 19.1 Å². The van der Waals surface area contributed by atoms with Crippen LogP contribution in [-0.4, -0.2) is 13.4 Å². The van der Waals surface area contributed by atoms with Gasteiger partial charge in [-0.05, 0) is 30.9 Å². The van der Waals surface area contributed by atoms with E-state index in [1.807, 2.05) is 18.2 Å². The van der Waals surface area contributed by atoms with Crippen molar-refractivity contribution in [3.8, 4) is 5.75 Å². The van der Waals surface area contributed by atoms with Crippen molar-refractivity contribution in [3.63, 3.8) is 0 Å². The summed E-state index contributed by atoms with van der Waals surface area (Å²) in [6, 6.07) is 8.05. The van der Waals surface area contributed by atoms with Gasteiger partial charge in [-0.15, -0.1) is 0 Å². The lowest BCUT2D eigenvalue weighted by Gasteiger charge is -2.32. The Hall–Kier alpha value is -1.57. The summed E-state index contributed by atoms with van der Waals surface area (Å²) in [5.74, 6) is 0.901. The van der Waals surface area contributed by atoms with Gasteiger partial charge in [0, 0.05) is 11.0 Å². The van der Waals surface area contributed by atoms with E-state index in [1.54, 1.807) is 7.11 Å². The number of carbonyl (C=O) groups excluding carboxylic acids is 1. The highest BCUT2D eigenvalue weighted by Crippen LogP contribution is 2.40. The molecule has 0 fully saturated rings. The molecule has 0 heterocycles. The average molecular weight is 230 g/mol. The monoisotopic (exact) mass is 230 g/mol. The van der Waals surface area contributed by atoms with Crippen LogP contribution in [0.15, 0.2) is 35.9 Å². The van der Waals surface area contributed by atoms with Crippen LogP contribution in [0.5, 0.6) is 5.75 Å². The molecule has 0 bridgehead atoms. The molecule has 1 aromatic rings. The van der Waals surface area contributed by atoms with Gasteiger partial charge in [0.2, 0.25) is 0 Å². The Morgan fingerprint density at radius 1 is 1.35 bits per heavy atom. The Morgan fingerprint density at radius 2 is 2.12 bits per heavy atom. The van der Waals surface area contributed by atoms with Gasteiger partial charge in [-0.2, -0.15) is 0 Å². The van der Waals surface area contributed by atoms with E-state index in [1.165, 1.54) is 5.56 Å². The van der Waals surface area contributed by atoms with E-state index in [9.17, 15) is 4.79 Å². The van der Waals surface area contributed by atoms with Gasteiger partial charge in [0.25, 0.3) is 0 Å². The van der Waals surface area contributed by atoms with Gasteiger partial charge in [-0.25, -0.2) is 0 Å². The fourth-order valence-electron chi connectivity index (χ4n) is 2.64. The third-order valence-corrected chi connectivity index (χ3v) is 3.54. The van der Waals surface area contributed by atoms with E-state index in [0.717, 1.165) is 36.9 Å². The number of methoxy groups -OCH3 is 1. The Labute approximate surface area is 102 Å². The van der Waals surface area contributed by atoms with Gasteiger partial charge in [0.15, 0.2) is 0 Å². The molecular formula is C15H18O2. The van der Waals surface area contributed by atoms with Crippen molar-refractivity contribution in [2.24, 2.45) is 0 Å². The van der Waals surface area contributed by atoms with E-state index >= 15 is 0 Å². The van der Waals surface area contributed by atoms with Gasteiger partial charge < -0.3 is 4.74 Å². The van der Waals surface area contributed by atoms with Gasteiger partial charge in [-0.1, -0.05) is 31.2 Å². The zero-order valence-electron chi connectivity index (χ0n) is 10.4. The summed E-state index contributed by atoms with van der Waals surface area (Å²) < 4.78 is 5.42. The van der Waals surface area contributed by atoms with Crippen LogP contribution in [0.4, 0.5) is 0 Å². The van der Waals surface area contributed by atoms with Gasteiger partial charge in [0.1, 0.15) is 12.0 Å². The molecule has 0 aliphatic heterocycles. The molecular weight excluding hydrogens is 212 g/mol. The molecule has 1 aliphatic rings. The van der Waals surface area contributed by atoms with Crippen molar-refractivity contribution in [2.75, 3.05) is 7.11 Å². The summed E-state index contributed by atoms with van der Waals surface area (Å²) in [5.41, 5.74) is 1.99. The maximum Gasteiger partial charge on any atom is 0.145 e. The van der Waals surface area contributed by atoms with Crippen molar-refractivity contribution >= 4 is 6.29 Å². The molecule has 1 aromatic carbocycles. The maximum atomic E-state index is 10.9. The number of para-hydroxylation sites is 1. The minimum Gasteiger partial charge on any atom is -0.496 e. The Balaban J connectivity index is 2.47. The molecule has 0 saturated carbocycles. The number of rotatable bonds is 3. The van der Waals surface area contributed by atoms with E-state index in [4.69, 9.17) is 4.74 Å². The Kier molecular flexibility index (Phi) is 3.32. The molecule has 17 heavy (non-hydrogen) atoms.